The fourth-order valence-electron chi connectivity index (χ4n) is 4.16. The normalized spacial score (nSPS) is 19.6. The second-order valence-corrected chi connectivity index (χ2v) is 7.91. The Hall–Kier alpha value is -3.89. The lowest BCUT2D eigenvalue weighted by atomic mass is 10.2. The van der Waals surface area contributed by atoms with Crippen molar-refractivity contribution in [3.8, 4) is 5.75 Å². The average Bonchev–Trinajstić information content (AvgIpc) is 3.39. The average molecular weight is 453 g/mol. The first-order valence-corrected chi connectivity index (χ1v) is 10.6. The van der Waals surface area contributed by atoms with E-state index in [0.717, 1.165) is 36.5 Å². The Kier molecular flexibility index (Phi) is 5.68. The molecule has 3 aromatic heterocycles. The second-order valence-electron chi connectivity index (χ2n) is 7.91. The number of carbonyl (C=O) groups excluding carboxylic acids is 1. The monoisotopic (exact) mass is 453 g/mol. The molecule has 1 fully saturated rings. The first-order valence-electron chi connectivity index (χ1n) is 10.6. The van der Waals surface area contributed by atoms with Gasteiger partial charge >= 0.3 is 6.61 Å². The molecule has 33 heavy (non-hydrogen) atoms. The summed E-state index contributed by atoms with van der Waals surface area (Å²) in [7, 11) is 0. The number of aromatic nitrogens is 4. The number of amides is 1. The molecule has 0 bridgehead atoms. The minimum absolute atomic E-state index is 0.0682. The van der Waals surface area contributed by atoms with Crippen molar-refractivity contribution in [2.24, 2.45) is 0 Å². The lowest BCUT2D eigenvalue weighted by Gasteiger charge is -2.17. The van der Waals surface area contributed by atoms with Crippen molar-refractivity contribution in [3.05, 3.63) is 60.3 Å². The number of rotatable bonds is 7. The molecule has 0 spiro atoms. The van der Waals surface area contributed by atoms with Crippen LogP contribution >= 0.6 is 0 Å². The molecule has 4 heterocycles. The number of ether oxygens (including phenoxy) is 1. The topological polar surface area (TPSA) is 105 Å². The summed E-state index contributed by atoms with van der Waals surface area (Å²) < 4.78 is 28.7. The predicted molar refractivity (Wildman–Crippen MR) is 116 cm³/mol. The number of alkyl halides is 2. The number of hydrogen-bond donors (Lipinski definition) is 2. The van der Waals surface area contributed by atoms with E-state index in [1.807, 2.05) is 12.1 Å². The molecule has 2 N–H and O–H groups in total. The SMILES string of the molecule is O=C1c2cccnc2CN1c1ccc(N[C@H]2CC[C@H](Nc3ncc(OC(F)F)cn3)C2)nc1. The summed E-state index contributed by atoms with van der Waals surface area (Å²) in [6.07, 6.45) is 8.48. The van der Waals surface area contributed by atoms with Gasteiger partial charge in [-0.2, -0.15) is 8.78 Å². The summed E-state index contributed by atoms with van der Waals surface area (Å²) in [5.41, 5.74) is 2.13. The van der Waals surface area contributed by atoms with Crippen molar-refractivity contribution in [2.45, 2.75) is 44.5 Å². The molecule has 1 aliphatic carbocycles. The van der Waals surface area contributed by atoms with Gasteiger partial charge in [-0.05, 0) is 43.5 Å². The third-order valence-electron chi connectivity index (χ3n) is 5.70. The molecule has 0 saturated heterocycles. The van der Waals surface area contributed by atoms with Gasteiger partial charge in [-0.1, -0.05) is 0 Å². The molecule has 170 valence electrons. The minimum Gasteiger partial charge on any atom is -0.432 e. The molecule has 0 radical (unpaired) electrons. The summed E-state index contributed by atoms with van der Waals surface area (Å²) in [5.74, 6) is 0.958. The van der Waals surface area contributed by atoms with Crippen LogP contribution in [-0.4, -0.2) is 44.5 Å². The van der Waals surface area contributed by atoms with Crippen molar-refractivity contribution < 1.29 is 18.3 Å². The van der Waals surface area contributed by atoms with Gasteiger partial charge in [-0.25, -0.2) is 15.0 Å². The van der Waals surface area contributed by atoms with Crippen LogP contribution in [0.4, 0.5) is 26.2 Å². The molecule has 1 aliphatic heterocycles. The number of halogens is 2. The zero-order valence-corrected chi connectivity index (χ0v) is 17.5. The maximum atomic E-state index is 12.6. The molecule has 0 aromatic carbocycles. The molecule has 2 aliphatic rings. The van der Waals surface area contributed by atoms with E-state index in [9.17, 15) is 13.6 Å². The smallest absolute Gasteiger partial charge is 0.387 e. The van der Waals surface area contributed by atoms with Gasteiger partial charge in [0, 0.05) is 18.3 Å². The van der Waals surface area contributed by atoms with Gasteiger partial charge in [-0.3, -0.25) is 9.78 Å². The van der Waals surface area contributed by atoms with Gasteiger partial charge in [0.2, 0.25) is 5.95 Å². The van der Waals surface area contributed by atoms with E-state index in [1.54, 1.807) is 29.4 Å². The molecular formula is C22H21F2N7O2. The van der Waals surface area contributed by atoms with Gasteiger partial charge < -0.3 is 20.3 Å². The van der Waals surface area contributed by atoms with Crippen LogP contribution in [0.3, 0.4) is 0 Å². The number of pyridine rings is 2. The van der Waals surface area contributed by atoms with Gasteiger partial charge in [0.25, 0.3) is 5.91 Å². The Balaban J connectivity index is 1.14. The summed E-state index contributed by atoms with van der Waals surface area (Å²) in [5, 5.41) is 6.64. The van der Waals surface area contributed by atoms with Crippen molar-refractivity contribution in [3.63, 3.8) is 0 Å². The Labute approximate surface area is 188 Å². The molecule has 0 unspecified atom stereocenters. The second kappa shape index (κ2) is 8.93. The molecule has 3 aromatic rings. The molecular weight excluding hydrogens is 432 g/mol. The standard InChI is InChI=1S/C22H21F2N7O2/c23-21(24)33-16-10-27-22(28-11-16)30-14-4-3-13(8-14)29-19-6-5-15(9-26-19)31-12-18-17(20(31)32)2-1-7-25-18/h1-2,5-7,9-11,13-14,21H,3-4,8,12H2,(H,26,29)(H,27,28,30)/t13-,14-/m0/s1. The molecule has 1 amide bonds. The Bertz CT molecular complexity index is 1130. The quantitative estimate of drug-likeness (QED) is 0.560. The van der Waals surface area contributed by atoms with Gasteiger partial charge in [0.1, 0.15) is 5.82 Å². The van der Waals surface area contributed by atoms with Crippen LogP contribution < -0.4 is 20.3 Å². The first kappa shape index (κ1) is 21.0. The van der Waals surface area contributed by atoms with Crippen LogP contribution in [0.1, 0.15) is 35.3 Å². The molecule has 9 nitrogen and oxygen atoms in total. The lowest BCUT2D eigenvalue weighted by Crippen LogP contribution is -2.24. The Morgan fingerprint density at radius 2 is 1.79 bits per heavy atom. The van der Waals surface area contributed by atoms with Gasteiger partial charge in [0.15, 0.2) is 5.75 Å². The minimum atomic E-state index is -2.90. The van der Waals surface area contributed by atoms with Gasteiger partial charge in [0.05, 0.1) is 42.1 Å². The molecule has 11 heteroatoms. The summed E-state index contributed by atoms with van der Waals surface area (Å²) in [6, 6.07) is 7.65. The van der Waals surface area contributed by atoms with Crippen molar-refractivity contribution in [1.82, 2.24) is 19.9 Å². The summed E-state index contributed by atoms with van der Waals surface area (Å²) >= 11 is 0. The van der Waals surface area contributed by atoms with Crippen LogP contribution in [0.15, 0.2) is 49.1 Å². The van der Waals surface area contributed by atoms with Crippen LogP contribution in [0.2, 0.25) is 0 Å². The van der Waals surface area contributed by atoms with Crippen LogP contribution in [-0.2, 0) is 6.54 Å². The Morgan fingerprint density at radius 3 is 2.48 bits per heavy atom. The summed E-state index contributed by atoms with van der Waals surface area (Å²) in [6.45, 7) is -2.46. The number of carbonyl (C=O) groups is 1. The van der Waals surface area contributed by atoms with E-state index >= 15 is 0 Å². The fourth-order valence-corrected chi connectivity index (χ4v) is 4.16. The Morgan fingerprint density at radius 1 is 1.00 bits per heavy atom. The van der Waals surface area contributed by atoms with Crippen molar-refractivity contribution >= 4 is 23.4 Å². The van der Waals surface area contributed by atoms with Gasteiger partial charge in [-0.15, -0.1) is 0 Å². The van der Waals surface area contributed by atoms with Crippen molar-refractivity contribution in [1.29, 1.82) is 0 Å². The highest BCUT2D eigenvalue weighted by molar-refractivity contribution is 6.09. The number of anilines is 3. The van der Waals surface area contributed by atoms with E-state index in [1.165, 1.54) is 12.4 Å². The molecule has 5 rings (SSSR count). The molecule has 1 saturated carbocycles. The van der Waals surface area contributed by atoms with Crippen LogP contribution in [0.25, 0.3) is 0 Å². The van der Waals surface area contributed by atoms with E-state index in [-0.39, 0.29) is 23.7 Å². The maximum absolute atomic E-state index is 12.6. The number of nitrogens with one attached hydrogen (secondary N) is 2. The highest BCUT2D eigenvalue weighted by Crippen LogP contribution is 2.28. The van der Waals surface area contributed by atoms with E-state index in [2.05, 4.69) is 35.3 Å². The molecule has 2 atom stereocenters. The van der Waals surface area contributed by atoms with E-state index in [4.69, 9.17) is 0 Å². The highest BCUT2D eigenvalue weighted by Gasteiger charge is 2.30. The fraction of sp³-hybridized carbons (Fsp3) is 0.318. The third kappa shape index (κ3) is 4.66. The van der Waals surface area contributed by atoms with Crippen LogP contribution in [0.5, 0.6) is 5.75 Å². The number of fused-ring (bicyclic) bond motifs is 1. The number of nitrogens with zero attached hydrogens (tertiary/aromatic N) is 5. The zero-order chi connectivity index (χ0) is 22.8. The number of hydrogen-bond acceptors (Lipinski definition) is 8. The van der Waals surface area contributed by atoms with E-state index < -0.39 is 6.61 Å². The zero-order valence-electron chi connectivity index (χ0n) is 17.5. The maximum Gasteiger partial charge on any atom is 0.387 e. The summed E-state index contributed by atoms with van der Waals surface area (Å²) in [4.78, 5) is 31.1. The van der Waals surface area contributed by atoms with Crippen molar-refractivity contribution in [2.75, 3.05) is 15.5 Å². The highest BCUT2D eigenvalue weighted by atomic mass is 19.3. The van der Waals surface area contributed by atoms with E-state index in [0.29, 0.717) is 18.1 Å². The first-order chi connectivity index (χ1) is 16.0. The third-order valence-corrected chi connectivity index (χ3v) is 5.70. The predicted octanol–water partition coefficient (Wildman–Crippen LogP) is 3.47. The van der Waals surface area contributed by atoms with Crippen LogP contribution in [0, 0.1) is 0 Å². The largest absolute Gasteiger partial charge is 0.432 e. The lowest BCUT2D eigenvalue weighted by molar-refractivity contribution is -0.0503.